The van der Waals surface area contributed by atoms with Gasteiger partial charge in [-0.05, 0) is 55.3 Å². The number of nitrogens with one attached hydrogen (secondary N) is 1. The molecule has 1 amide bonds. The van der Waals surface area contributed by atoms with E-state index in [1.807, 2.05) is 42.5 Å². The van der Waals surface area contributed by atoms with E-state index in [1.165, 1.54) is 0 Å². The lowest BCUT2D eigenvalue weighted by Gasteiger charge is -2.14. The summed E-state index contributed by atoms with van der Waals surface area (Å²) in [4.78, 5) is 28.8. The molecule has 1 atom stereocenters. The van der Waals surface area contributed by atoms with E-state index in [2.05, 4.69) is 10.3 Å². The summed E-state index contributed by atoms with van der Waals surface area (Å²) in [7, 11) is 1.60. The monoisotopic (exact) mass is 378 g/mol. The topological polar surface area (TPSA) is 77.5 Å². The molecule has 2 aromatic carbocycles. The van der Waals surface area contributed by atoms with Gasteiger partial charge in [0.05, 0.1) is 18.3 Å². The Morgan fingerprint density at radius 1 is 1.07 bits per heavy atom. The van der Waals surface area contributed by atoms with Crippen LogP contribution in [0.3, 0.4) is 0 Å². The van der Waals surface area contributed by atoms with Crippen molar-refractivity contribution in [2.75, 3.05) is 12.4 Å². The number of amides is 1. The lowest BCUT2D eigenvalue weighted by atomic mass is 10.1. The number of carbonyl (C=O) groups excluding carboxylic acids is 2. The zero-order valence-corrected chi connectivity index (χ0v) is 15.8. The largest absolute Gasteiger partial charge is 0.497 e. The number of pyridine rings is 1. The summed E-state index contributed by atoms with van der Waals surface area (Å²) in [5, 5.41) is 3.64. The van der Waals surface area contributed by atoms with Crippen molar-refractivity contribution in [1.29, 1.82) is 0 Å². The highest BCUT2D eigenvalue weighted by molar-refractivity contribution is 6.02. The molecular weight excluding hydrogens is 356 g/mol. The van der Waals surface area contributed by atoms with Gasteiger partial charge >= 0.3 is 5.97 Å². The molecule has 0 radical (unpaired) electrons. The lowest BCUT2D eigenvalue weighted by molar-refractivity contribution is -0.153. The predicted molar refractivity (Wildman–Crippen MR) is 107 cm³/mol. The van der Waals surface area contributed by atoms with Crippen LogP contribution in [0.2, 0.25) is 0 Å². The van der Waals surface area contributed by atoms with Crippen molar-refractivity contribution < 1.29 is 19.1 Å². The molecule has 1 unspecified atom stereocenters. The number of aromatic nitrogens is 1. The Morgan fingerprint density at radius 2 is 1.86 bits per heavy atom. The Balaban J connectivity index is 1.53. The van der Waals surface area contributed by atoms with Crippen LogP contribution >= 0.6 is 0 Å². The molecule has 0 aliphatic heterocycles. The van der Waals surface area contributed by atoms with Gasteiger partial charge in [0.2, 0.25) is 0 Å². The van der Waals surface area contributed by atoms with E-state index < -0.39 is 12.1 Å². The van der Waals surface area contributed by atoms with Crippen LogP contribution < -0.4 is 10.1 Å². The van der Waals surface area contributed by atoms with E-state index in [9.17, 15) is 9.59 Å². The number of benzene rings is 2. The number of rotatable bonds is 7. The van der Waals surface area contributed by atoms with Crippen LogP contribution in [-0.4, -0.2) is 30.1 Å². The standard InChI is InChI=1S/C22H22N2O4/c1-15(28-21(25)13-10-16-8-11-17(27-2)12-9-16)22(26)24-20-7-3-6-19-18(20)5-4-14-23-19/h3-9,11-12,14-15H,10,13H2,1-2H3,(H,24,26). The van der Waals surface area contributed by atoms with Gasteiger partial charge in [0.15, 0.2) is 6.10 Å². The lowest BCUT2D eigenvalue weighted by Crippen LogP contribution is -2.30. The Morgan fingerprint density at radius 3 is 2.61 bits per heavy atom. The summed E-state index contributed by atoms with van der Waals surface area (Å²) in [5.41, 5.74) is 2.42. The van der Waals surface area contributed by atoms with Gasteiger partial charge in [-0.15, -0.1) is 0 Å². The normalized spacial score (nSPS) is 11.6. The summed E-state index contributed by atoms with van der Waals surface area (Å²) in [6.45, 7) is 1.56. The molecule has 0 fully saturated rings. The molecule has 144 valence electrons. The fraction of sp³-hybridized carbons (Fsp3) is 0.227. The van der Waals surface area contributed by atoms with Crippen molar-refractivity contribution in [3.05, 3.63) is 66.4 Å². The van der Waals surface area contributed by atoms with E-state index >= 15 is 0 Å². The third-order valence-corrected chi connectivity index (χ3v) is 4.36. The smallest absolute Gasteiger partial charge is 0.306 e. The van der Waals surface area contributed by atoms with E-state index in [4.69, 9.17) is 9.47 Å². The average Bonchev–Trinajstić information content (AvgIpc) is 2.73. The molecule has 6 nitrogen and oxygen atoms in total. The van der Waals surface area contributed by atoms with Crippen molar-refractivity contribution in [2.24, 2.45) is 0 Å². The van der Waals surface area contributed by atoms with Crippen LogP contribution in [0.15, 0.2) is 60.8 Å². The number of fused-ring (bicyclic) bond motifs is 1. The number of nitrogens with zero attached hydrogens (tertiary/aromatic N) is 1. The molecule has 28 heavy (non-hydrogen) atoms. The number of esters is 1. The van der Waals surface area contributed by atoms with Crippen LogP contribution in [0, 0.1) is 0 Å². The molecule has 3 aromatic rings. The van der Waals surface area contributed by atoms with Gasteiger partial charge in [-0.1, -0.05) is 18.2 Å². The number of ether oxygens (including phenoxy) is 2. The summed E-state index contributed by atoms with van der Waals surface area (Å²) in [6, 6.07) is 16.6. The first-order chi connectivity index (χ1) is 13.6. The number of hydrogen-bond acceptors (Lipinski definition) is 5. The maximum absolute atomic E-state index is 12.4. The Kier molecular flexibility index (Phi) is 6.22. The van der Waals surface area contributed by atoms with Crippen molar-refractivity contribution in [2.45, 2.75) is 25.9 Å². The second kappa shape index (κ2) is 8.99. The van der Waals surface area contributed by atoms with E-state index in [0.29, 0.717) is 12.1 Å². The molecule has 1 heterocycles. The first-order valence-corrected chi connectivity index (χ1v) is 9.04. The quantitative estimate of drug-likeness (QED) is 0.634. The molecule has 0 bridgehead atoms. The molecule has 0 spiro atoms. The Bertz CT molecular complexity index is 964. The molecule has 6 heteroatoms. The minimum absolute atomic E-state index is 0.197. The maximum atomic E-state index is 12.4. The van der Waals surface area contributed by atoms with Crippen LogP contribution in [0.5, 0.6) is 5.75 Å². The van der Waals surface area contributed by atoms with Gasteiger partial charge in [0, 0.05) is 18.0 Å². The molecule has 0 saturated carbocycles. The van der Waals surface area contributed by atoms with Crippen molar-refractivity contribution in [3.8, 4) is 5.75 Å². The van der Waals surface area contributed by atoms with Crippen LogP contribution in [0.1, 0.15) is 18.9 Å². The van der Waals surface area contributed by atoms with Gasteiger partial charge in [-0.25, -0.2) is 0 Å². The van der Waals surface area contributed by atoms with Gasteiger partial charge in [-0.2, -0.15) is 0 Å². The van der Waals surface area contributed by atoms with Gasteiger partial charge < -0.3 is 14.8 Å². The molecule has 1 N–H and O–H groups in total. The average molecular weight is 378 g/mol. The zero-order valence-electron chi connectivity index (χ0n) is 15.8. The van der Waals surface area contributed by atoms with E-state index in [0.717, 1.165) is 22.2 Å². The third kappa shape index (κ3) is 4.85. The summed E-state index contributed by atoms with van der Waals surface area (Å²) in [6.07, 6.45) is 1.53. The summed E-state index contributed by atoms with van der Waals surface area (Å²) < 4.78 is 10.4. The highest BCUT2D eigenvalue weighted by Crippen LogP contribution is 2.21. The van der Waals surface area contributed by atoms with Crippen LogP contribution in [-0.2, 0) is 20.7 Å². The molecule has 3 rings (SSSR count). The number of anilines is 1. The molecular formula is C22H22N2O4. The van der Waals surface area contributed by atoms with Gasteiger partial charge in [0.1, 0.15) is 5.75 Å². The zero-order chi connectivity index (χ0) is 19.9. The minimum Gasteiger partial charge on any atom is -0.497 e. The second-order valence-corrected chi connectivity index (χ2v) is 6.35. The van der Waals surface area contributed by atoms with E-state index in [1.54, 1.807) is 32.4 Å². The fourth-order valence-electron chi connectivity index (χ4n) is 2.79. The first kappa shape index (κ1) is 19.4. The third-order valence-electron chi connectivity index (χ3n) is 4.36. The molecule has 1 aromatic heterocycles. The highest BCUT2D eigenvalue weighted by atomic mass is 16.5. The maximum Gasteiger partial charge on any atom is 0.306 e. The van der Waals surface area contributed by atoms with Crippen LogP contribution in [0.25, 0.3) is 10.9 Å². The summed E-state index contributed by atoms with van der Waals surface area (Å²) in [5.74, 6) is -0.0348. The van der Waals surface area contributed by atoms with Crippen molar-refractivity contribution >= 4 is 28.5 Å². The Hall–Kier alpha value is -3.41. The number of aryl methyl sites for hydroxylation is 1. The fourth-order valence-corrected chi connectivity index (χ4v) is 2.79. The molecule has 0 aliphatic rings. The Labute approximate surface area is 163 Å². The molecule has 0 saturated heterocycles. The minimum atomic E-state index is -0.893. The number of hydrogen-bond donors (Lipinski definition) is 1. The number of carbonyl (C=O) groups is 2. The molecule has 0 aliphatic carbocycles. The first-order valence-electron chi connectivity index (χ1n) is 9.04. The van der Waals surface area contributed by atoms with Crippen LogP contribution in [0.4, 0.5) is 5.69 Å². The van der Waals surface area contributed by atoms with E-state index in [-0.39, 0.29) is 12.3 Å². The van der Waals surface area contributed by atoms with Gasteiger partial charge in [-0.3, -0.25) is 14.6 Å². The van der Waals surface area contributed by atoms with Crippen molar-refractivity contribution in [3.63, 3.8) is 0 Å². The predicted octanol–water partition coefficient (Wildman–Crippen LogP) is 3.75. The summed E-state index contributed by atoms with van der Waals surface area (Å²) >= 11 is 0. The number of methoxy groups -OCH3 is 1. The SMILES string of the molecule is COc1ccc(CCC(=O)OC(C)C(=O)Nc2cccc3ncccc23)cc1. The van der Waals surface area contributed by atoms with Crippen molar-refractivity contribution in [1.82, 2.24) is 4.98 Å². The second-order valence-electron chi connectivity index (χ2n) is 6.35. The highest BCUT2D eigenvalue weighted by Gasteiger charge is 2.18. The van der Waals surface area contributed by atoms with Gasteiger partial charge in [0.25, 0.3) is 5.91 Å².